The summed E-state index contributed by atoms with van der Waals surface area (Å²) in [7, 11) is 0. The van der Waals surface area contributed by atoms with E-state index >= 15 is 0 Å². The molecule has 4 nitrogen and oxygen atoms in total. The number of rotatable bonds is 9. The van der Waals surface area contributed by atoms with Crippen LogP contribution in [0.3, 0.4) is 0 Å². The second-order valence-corrected chi connectivity index (χ2v) is 11.0. The monoisotopic (exact) mass is 494 g/mol. The van der Waals surface area contributed by atoms with Crippen LogP contribution in [0.4, 0.5) is 4.39 Å². The summed E-state index contributed by atoms with van der Waals surface area (Å²) in [5.74, 6) is -0.593. The van der Waals surface area contributed by atoms with E-state index in [1.54, 1.807) is 33.3 Å². The van der Waals surface area contributed by atoms with Crippen LogP contribution in [0.2, 0.25) is 0 Å². The Morgan fingerprint density at radius 1 is 0.971 bits per heavy atom. The number of amides is 2. The summed E-state index contributed by atoms with van der Waals surface area (Å²) in [6.45, 7) is 11.2. The predicted molar refractivity (Wildman–Crippen MR) is 141 cm³/mol. The number of thiophene rings is 1. The molecule has 0 saturated carbocycles. The number of hydrogen-bond acceptors (Lipinski definition) is 3. The van der Waals surface area contributed by atoms with Crippen molar-refractivity contribution in [2.45, 2.75) is 65.6 Å². The lowest BCUT2D eigenvalue weighted by Crippen LogP contribution is -2.46. The molecule has 6 heteroatoms. The van der Waals surface area contributed by atoms with Gasteiger partial charge in [-0.3, -0.25) is 9.59 Å². The van der Waals surface area contributed by atoms with E-state index < -0.39 is 0 Å². The van der Waals surface area contributed by atoms with Gasteiger partial charge in [0.05, 0.1) is 6.54 Å². The fourth-order valence-corrected chi connectivity index (χ4v) is 4.53. The van der Waals surface area contributed by atoms with Crippen molar-refractivity contribution in [1.29, 1.82) is 0 Å². The van der Waals surface area contributed by atoms with Gasteiger partial charge in [0.15, 0.2) is 0 Å². The Morgan fingerprint density at radius 3 is 2.17 bits per heavy atom. The summed E-state index contributed by atoms with van der Waals surface area (Å²) < 4.78 is 13.4. The minimum atomic E-state index is -0.309. The maximum Gasteiger partial charge on any atom is 0.254 e. The van der Waals surface area contributed by atoms with E-state index in [9.17, 15) is 14.0 Å². The first-order chi connectivity index (χ1) is 16.6. The molecule has 35 heavy (non-hydrogen) atoms. The molecular weight excluding hydrogens is 459 g/mol. The molecule has 0 aliphatic heterocycles. The van der Waals surface area contributed by atoms with Gasteiger partial charge in [-0.05, 0) is 65.6 Å². The lowest BCUT2D eigenvalue weighted by Gasteiger charge is -2.31. The Hall–Kier alpha value is -2.99. The van der Waals surface area contributed by atoms with E-state index in [1.807, 2.05) is 55.6 Å². The highest BCUT2D eigenvalue weighted by atomic mass is 32.1. The molecular formula is C29H35FN2O2S. The summed E-state index contributed by atoms with van der Waals surface area (Å²) >= 11 is 1.58. The fourth-order valence-electron chi connectivity index (χ4n) is 3.81. The average Bonchev–Trinajstić information content (AvgIpc) is 3.35. The van der Waals surface area contributed by atoms with E-state index in [2.05, 4.69) is 20.8 Å². The van der Waals surface area contributed by atoms with Crippen LogP contribution in [0.15, 0.2) is 66.0 Å². The van der Waals surface area contributed by atoms with Crippen molar-refractivity contribution in [3.8, 4) is 0 Å². The Morgan fingerprint density at radius 2 is 1.63 bits per heavy atom. The summed E-state index contributed by atoms with van der Waals surface area (Å²) in [5, 5.41) is 1.98. The molecule has 2 aromatic carbocycles. The van der Waals surface area contributed by atoms with Gasteiger partial charge in [-0.2, -0.15) is 0 Å². The Bertz CT molecular complexity index is 1100. The second-order valence-electron chi connectivity index (χ2n) is 9.97. The first-order valence-corrected chi connectivity index (χ1v) is 12.9. The predicted octanol–water partition coefficient (Wildman–Crippen LogP) is 6.65. The Kier molecular flexibility index (Phi) is 8.84. The first kappa shape index (κ1) is 26.6. The van der Waals surface area contributed by atoms with Gasteiger partial charge in [0.1, 0.15) is 12.4 Å². The van der Waals surface area contributed by atoms with Gasteiger partial charge in [-0.1, -0.05) is 58.0 Å². The van der Waals surface area contributed by atoms with Crippen LogP contribution in [0, 0.1) is 5.82 Å². The number of carbonyl (C=O) groups excluding carboxylic acids is 2. The molecule has 1 aromatic heterocycles. The van der Waals surface area contributed by atoms with Gasteiger partial charge < -0.3 is 9.80 Å². The van der Waals surface area contributed by atoms with Gasteiger partial charge in [0, 0.05) is 23.0 Å². The minimum absolute atomic E-state index is 0.00338. The highest BCUT2D eigenvalue weighted by Crippen LogP contribution is 2.23. The van der Waals surface area contributed by atoms with Crippen molar-refractivity contribution in [3.63, 3.8) is 0 Å². The molecule has 186 valence electrons. The standard InChI is InChI=1S/C29H35FN2O2S/c1-6-21(2)32(28(34)23-11-13-24(14-12-23)29(3,4)5)20-27(33)31(19-26-8-7-17-35-26)18-22-9-15-25(30)16-10-22/h7-17,21H,6,18-20H2,1-5H3. The Labute approximate surface area is 212 Å². The van der Waals surface area contributed by atoms with Gasteiger partial charge in [0.25, 0.3) is 5.91 Å². The summed E-state index contributed by atoms with van der Waals surface area (Å²) in [4.78, 5) is 31.5. The first-order valence-electron chi connectivity index (χ1n) is 12.0. The zero-order valence-electron chi connectivity index (χ0n) is 21.3. The highest BCUT2D eigenvalue weighted by molar-refractivity contribution is 7.09. The lowest BCUT2D eigenvalue weighted by molar-refractivity contribution is -0.133. The van der Waals surface area contributed by atoms with E-state index in [4.69, 9.17) is 0 Å². The quantitative estimate of drug-likeness (QED) is 0.334. The van der Waals surface area contributed by atoms with Crippen LogP contribution in [-0.4, -0.2) is 34.2 Å². The Balaban J connectivity index is 1.82. The zero-order valence-corrected chi connectivity index (χ0v) is 22.1. The van der Waals surface area contributed by atoms with Gasteiger partial charge in [0.2, 0.25) is 5.91 Å². The molecule has 0 fully saturated rings. The van der Waals surface area contributed by atoms with Crippen molar-refractivity contribution in [3.05, 3.63) is 93.4 Å². The highest BCUT2D eigenvalue weighted by Gasteiger charge is 2.26. The van der Waals surface area contributed by atoms with Crippen LogP contribution in [-0.2, 0) is 23.3 Å². The molecule has 1 unspecified atom stereocenters. The molecule has 1 heterocycles. The normalized spacial score (nSPS) is 12.3. The third-order valence-corrected chi connectivity index (χ3v) is 7.11. The minimum Gasteiger partial charge on any atom is -0.332 e. The smallest absolute Gasteiger partial charge is 0.254 e. The molecule has 3 rings (SSSR count). The SMILES string of the molecule is CCC(C)N(CC(=O)N(Cc1ccc(F)cc1)Cc1cccs1)C(=O)c1ccc(C(C)(C)C)cc1. The molecule has 0 radical (unpaired) electrons. The van der Waals surface area contributed by atoms with Gasteiger partial charge in [-0.15, -0.1) is 11.3 Å². The van der Waals surface area contributed by atoms with Crippen molar-refractivity contribution < 1.29 is 14.0 Å². The molecule has 3 aromatic rings. The van der Waals surface area contributed by atoms with Crippen LogP contribution >= 0.6 is 11.3 Å². The number of halogens is 1. The second kappa shape index (κ2) is 11.6. The largest absolute Gasteiger partial charge is 0.332 e. The maximum atomic E-state index is 13.6. The summed E-state index contributed by atoms with van der Waals surface area (Å²) in [5.41, 5.74) is 2.57. The van der Waals surface area contributed by atoms with Crippen LogP contribution in [0.5, 0.6) is 0 Å². The van der Waals surface area contributed by atoms with E-state index in [1.165, 1.54) is 12.1 Å². The molecule has 0 aliphatic carbocycles. The number of hydrogen-bond donors (Lipinski definition) is 0. The molecule has 0 bridgehead atoms. The molecule has 1 atom stereocenters. The van der Waals surface area contributed by atoms with Crippen molar-refractivity contribution in [2.75, 3.05) is 6.54 Å². The van der Waals surface area contributed by atoms with Crippen molar-refractivity contribution >= 4 is 23.2 Å². The third kappa shape index (κ3) is 7.25. The third-order valence-electron chi connectivity index (χ3n) is 6.25. The molecule has 0 N–H and O–H groups in total. The summed E-state index contributed by atoms with van der Waals surface area (Å²) in [6.07, 6.45) is 0.738. The molecule has 0 saturated heterocycles. The van der Waals surface area contributed by atoms with Crippen molar-refractivity contribution in [1.82, 2.24) is 9.80 Å². The lowest BCUT2D eigenvalue weighted by atomic mass is 9.86. The van der Waals surface area contributed by atoms with E-state index in [-0.39, 0.29) is 35.6 Å². The molecule has 0 aliphatic rings. The van der Waals surface area contributed by atoms with E-state index in [0.717, 1.165) is 22.4 Å². The van der Waals surface area contributed by atoms with Gasteiger partial charge >= 0.3 is 0 Å². The van der Waals surface area contributed by atoms with E-state index in [0.29, 0.717) is 18.7 Å². The van der Waals surface area contributed by atoms with Crippen LogP contribution < -0.4 is 0 Å². The molecule has 0 spiro atoms. The van der Waals surface area contributed by atoms with Crippen molar-refractivity contribution in [2.24, 2.45) is 0 Å². The fraction of sp³-hybridized carbons (Fsp3) is 0.379. The number of carbonyl (C=O) groups is 2. The average molecular weight is 495 g/mol. The van der Waals surface area contributed by atoms with Gasteiger partial charge in [-0.25, -0.2) is 4.39 Å². The summed E-state index contributed by atoms with van der Waals surface area (Å²) in [6, 6.07) is 17.7. The van der Waals surface area contributed by atoms with Crippen LogP contribution in [0.25, 0.3) is 0 Å². The topological polar surface area (TPSA) is 40.6 Å². The molecule has 2 amide bonds. The maximum absolute atomic E-state index is 13.6. The van der Waals surface area contributed by atoms with Crippen LogP contribution in [0.1, 0.15) is 67.4 Å². The number of nitrogens with zero attached hydrogens (tertiary/aromatic N) is 2. The zero-order chi connectivity index (χ0) is 25.6. The number of benzene rings is 2.